The fraction of sp³-hybridized carbons (Fsp3) is 0.176. The number of ether oxygens (including phenoxy) is 1. The molecule has 0 aliphatic carbocycles. The van der Waals surface area contributed by atoms with Crippen molar-refractivity contribution in [1.29, 1.82) is 0 Å². The van der Waals surface area contributed by atoms with Gasteiger partial charge in [0.05, 0.1) is 17.3 Å². The summed E-state index contributed by atoms with van der Waals surface area (Å²) in [5, 5.41) is 12.0. The Morgan fingerprint density at radius 3 is 2.74 bits per heavy atom. The predicted octanol–water partition coefficient (Wildman–Crippen LogP) is 2.42. The van der Waals surface area contributed by atoms with Crippen LogP contribution in [0.4, 0.5) is 10.5 Å². The van der Waals surface area contributed by atoms with Gasteiger partial charge in [-0.3, -0.25) is 4.90 Å². The first-order valence-corrected chi connectivity index (χ1v) is 7.31. The number of rotatable bonds is 2. The number of aromatic carboxylic acids is 1. The third-order valence-electron chi connectivity index (χ3n) is 4.21. The van der Waals surface area contributed by atoms with Crippen LogP contribution in [0.15, 0.2) is 48.5 Å². The Hall–Kier alpha value is -3.02. The average molecular weight is 310 g/mol. The molecule has 0 radical (unpaired) electrons. The number of carboxylic acids is 1. The molecule has 2 heterocycles. The Kier molecular flexibility index (Phi) is 2.97. The van der Waals surface area contributed by atoms with E-state index in [9.17, 15) is 9.59 Å². The summed E-state index contributed by atoms with van der Waals surface area (Å²) in [7, 11) is 0. The van der Waals surface area contributed by atoms with Gasteiger partial charge in [0, 0.05) is 6.54 Å². The van der Waals surface area contributed by atoms with Gasteiger partial charge in [-0.15, -0.1) is 0 Å². The van der Waals surface area contributed by atoms with Crippen molar-refractivity contribution in [2.24, 2.45) is 0 Å². The monoisotopic (exact) mass is 310 g/mol. The van der Waals surface area contributed by atoms with Gasteiger partial charge < -0.3 is 15.2 Å². The molecule has 6 heteroatoms. The van der Waals surface area contributed by atoms with Crippen LogP contribution in [-0.2, 0) is 0 Å². The van der Waals surface area contributed by atoms with E-state index in [1.807, 2.05) is 30.3 Å². The van der Waals surface area contributed by atoms with Gasteiger partial charge in [0.15, 0.2) is 0 Å². The van der Waals surface area contributed by atoms with Crippen LogP contribution < -0.4 is 15.0 Å². The molecular formula is C17H14N2O4. The molecule has 2 N–H and O–H groups in total. The van der Waals surface area contributed by atoms with Crippen LogP contribution in [0.25, 0.3) is 0 Å². The van der Waals surface area contributed by atoms with Crippen LogP contribution in [0.3, 0.4) is 0 Å². The maximum atomic E-state index is 12.2. The molecule has 2 aliphatic heterocycles. The van der Waals surface area contributed by atoms with Gasteiger partial charge in [-0.25, -0.2) is 9.59 Å². The van der Waals surface area contributed by atoms with E-state index in [-0.39, 0.29) is 23.7 Å². The molecule has 2 aliphatic rings. The summed E-state index contributed by atoms with van der Waals surface area (Å²) >= 11 is 0. The zero-order valence-electron chi connectivity index (χ0n) is 12.1. The van der Waals surface area contributed by atoms with Crippen molar-refractivity contribution in [3.63, 3.8) is 0 Å². The van der Waals surface area contributed by atoms with Crippen molar-refractivity contribution in [1.82, 2.24) is 5.32 Å². The number of fused-ring (bicyclic) bond motifs is 3. The lowest BCUT2D eigenvalue weighted by Gasteiger charge is -2.37. The van der Waals surface area contributed by atoms with E-state index in [0.717, 1.165) is 5.56 Å². The molecule has 23 heavy (non-hydrogen) atoms. The first-order chi connectivity index (χ1) is 11.1. The molecule has 0 spiro atoms. The van der Waals surface area contributed by atoms with Crippen LogP contribution >= 0.6 is 0 Å². The molecule has 0 aromatic heterocycles. The fourth-order valence-electron chi connectivity index (χ4n) is 3.14. The molecule has 2 atom stereocenters. The first-order valence-electron chi connectivity index (χ1n) is 7.31. The van der Waals surface area contributed by atoms with Gasteiger partial charge in [0.1, 0.15) is 11.9 Å². The van der Waals surface area contributed by atoms with Crippen molar-refractivity contribution in [3.8, 4) is 5.75 Å². The number of urea groups is 1. The number of hydrogen-bond donors (Lipinski definition) is 2. The molecule has 1 fully saturated rings. The highest BCUT2D eigenvalue weighted by Crippen LogP contribution is 2.43. The number of nitrogens with one attached hydrogen (secondary N) is 1. The number of benzene rings is 2. The van der Waals surface area contributed by atoms with E-state index >= 15 is 0 Å². The average Bonchev–Trinajstić information content (AvgIpc) is 2.96. The van der Waals surface area contributed by atoms with E-state index in [1.165, 1.54) is 12.1 Å². The molecular weight excluding hydrogens is 296 g/mol. The summed E-state index contributed by atoms with van der Waals surface area (Å²) < 4.78 is 6.09. The molecule has 2 aromatic rings. The van der Waals surface area contributed by atoms with Gasteiger partial charge in [-0.05, 0) is 23.8 Å². The second kappa shape index (κ2) is 5.01. The Labute approximate surface area is 132 Å². The highest BCUT2D eigenvalue weighted by atomic mass is 16.5. The summed E-state index contributed by atoms with van der Waals surface area (Å²) in [6, 6.07) is 13.8. The van der Waals surface area contributed by atoms with Crippen molar-refractivity contribution >= 4 is 17.7 Å². The topological polar surface area (TPSA) is 78.9 Å². The minimum Gasteiger partial charge on any atom is -0.481 e. The smallest absolute Gasteiger partial charge is 0.335 e. The SMILES string of the molecule is O=C(O)c1ccc2c(c1)N1C(=O)NCC1C(c1ccccc1)O2. The van der Waals surface area contributed by atoms with Crippen LogP contribution in [0.5, 0.6) is 5.75 Å². The molecule has 4 rings (SSSR count). The maximum Gasteiger partial charge on any atom is 0.335 e. The van der Waals surface area contributed by atoms with E-state index in [1.54, 1.807) is 11.0 Å². The molecule has 1 saturated heterocycles. The lowest BCUT2D eigenvalue weighted by molar-refractivity contribution is 0.0696. The summed E-state index contributed by atoms with van der Waals surface area (Å²) in [4.78, 5) is 25.0. The van der Waals surface area contributed by atoms with Crippen molar-refractivity contribution < 1.29 is 19.4 Å². The number of nitrogens with zero attached hydrogens (tertiary/aromatic N) is 1. The van der Waals surface area contributed by atoms with E-state index in [0.29, 0.717) is 18.0 Å². The minimum atomic E-state index is -1.03. The highest BCUT2D eigenvalue weighted by molar-refractivity contribution is 5.99. The van der Waals surface area contributed by atoms with Crippen LogP contribution in [-0.4, -0.2) is 29.7 Å². The number of carboxylic acid groups (broad SMARTS) is 1. The zero-order chi connectivity index (χ0) is 16.0. The third-order valence-corrected chi connectivity index (χ3v) is 4.21. The number of amides is 2. The second-order valence-electron chi connectivity index (χ2n) is 5.56. The highest BCUT2D eigenvalue weighted by Gasteiger charge is 2.44. The lowest BCUT2D eigenvalue weighted by Crippen LogP contribution is -2.43. The van der Waals surface area contributed by atoms with Crippen LogP contribution in [0.2, 0.25) is 0 Å². The van der Waals surface area contributed by atoms with Crippen LogP contribution in [0, 0.1) is 0 Å². The predicted molar refractivity (Wildman–Crippen MR) is 82.9 cm³/mol. The van der Waals surface area contributed by atoms with E-state index in [2.05, 4.69) is 5.32 Å². The number of carbonyl (C=O) groups excluding carboxylic acids is 1. The largest absolute Gasteiger partial charge is 0.481 e. The zero-order valence-corrected chi connectivity index (χ0v) is 12.1. The van der Waals surface area contributed by atoms with E-state index < -0.39 is 5.97 Å². The maximum absolute atomic E-state index is 12.2. The molecule has 0 bridgehead atoms. The lowest BCUT2D eigenvalue weighted by atomic mass is 9.98. The third kappa shape index (κ3) is 2.11. The molecule has 0 saturated carbocycles. The fourth-order valence-corrected chi connectivity index (χ4v) is 3.14. The first kappa shape index (κ1) is 13.6. The van der Waals surface area contributed by atoms with Gasteiger partial charge in [0.2, 0.25) is 0 Å². The summed E-state index contributed by atoms with van der Waals surface area (Å²) in [6.45, 7) is 0.454. The minimum absolute atomic E-state index is 0.129. The number of carbonyl (C=O) groups is 2. The quantitative estimate of drug-likeness (QED) is 0.893. The molecule has 116 valence electrons. The molecule has 2 unspecified atom stereocenters. The van der Waals surface area contributed by atoms with Gasteiger partial charge in [-0.1, -0.05) is 30.3 Å². The Morgan fingerprint density at radius 2 is 2.00 bits per heavy atom. The van der Waals surface area contributed by atoms with Crippen molar-refractivity contribution in [2.75, 3.05) is 11.4 Å². The van der Waals surface area contributed by atoms with Gasteiger partial charge >= 0.3 is 12.0 Å². The van der Waals surface area contributed by atoms with Gasteiger partial charge in [0.25, 0.3) is 0 Å². The second-order valence-corrected chi connectivity index (χ2v) is 5.56. The Morgan fingerprint density at radius 1 is 1.22 bits per heavy atom. The van der Waals surface area contributed by atoms with Crippen molar-refractivity contribution in [2.45, 2.75) is 12.1 Å². The molecule has 2 aromatic carbocycles. The van der Waals surface area contributed by atoms with Gasteiger partial charge in [-0.2, -0.15) is 0 Å². The molecule has 2 amide bonds. The van der Waals surface area contributed by atoms with Crippen molar-refractivity contribution in [3.05, 3.63) is 59.7 Å². The normalized spacial score (nSPS) is 21.9. The summed E-state index contributed by atoms with van der Waals surface area (Å²) in [6.07, 6.45) is -0.293. The molecule has 6 nitrogen and oxygen atoms in total. The standard InChI is InChI=1S/C17H14N2O4/c20-16(21)11-6-7-14-12(8-11)19-13(9-18-17(19)22)15(23-14)10-4-2-1-3-5-10/h1-8,13,15H,9H2,(H,18,22)(H,20,21). The van der Waals surface area contributed by atoms with E-state index in [4.69, 9.17) is 9.84 Å². The summed E-state index contributed by atoms with van der Waals surface area (Å²) in [5.74, 6) is -0.522. The number of hydrogen-bond acceptors (Lipinski definition) is 3. The Bertz CT molecular complexity index is 790. The number of anilines is 1. The van der Waals surface area contributed by atoms with Crippen LogP contribution in [0.1, 0.15) is 22.0 Å². The summed E-state index contributed by atoms with van der Waals surface area (Å²) in [5.41, 5.74) is 1.60. The Balaban J connectivity index is 1.82.